The van der Waals surface area contributed by atoms with Gasteiger partial charge in [-0.25, -0.2) is 23.9 Å². The van der Waals surface area contributed by atoms with Crippen LogP contribution in [0.1, 0.15) is 23.2 Å². The molecule has 160 valence electrons. The summed E-state index contributed by atoms with van der Waals surface area (Å²) in [4.78, 5) is 37.4. The zero-order valence-electron chi connectivity index (χ0n) is 16.7. The average Bonchev–Trinajstić information content (AvgIpc) is 3.53. The maximum absolute atomic E-state index is 12.4. The summed E-state index contributed by atoms with van der Waals surface area (Å²) in [6.45, 7) is 0. The molecule has 0 bridgehead atoms. The van der Waals surface area contributed by atoms with Gasteiger partial charge in [0.2, 0.25) is 15.9 Å². The van der Waals surface area contributed by atoms with Gasteiger partial charge in [-0.15, -0.1) is 0 Å². The van der Waals surface area contributed by atoms with Crippen LogP contribution in [-0.4, -0.2) is 50.6 Å². The van der Waals surface area contributed by atoms with E-state index in [1.807, 2.05) is 0 Å². The fraction of sp³-hybridized carbons (Fsp3) is 0.333. The Morgan fingerprint density at radius 1 is 1.23 bits per heavy atom. The van der Waals surface area contributed by atoms with Gasteiger partial charge in [-0.3, -0.25) is 18.7 Å². The Kier molecular flexibility index (Phi) is 6.17. The maximum Gasteiger partial charge on any atom is 0.278 e. The second kappa shape index (κ2) is 8.63. The number of nitrogens with one attached hydrogen (secondary N) is 3. The minimum Gasteiger partial charge on any atom is -0.352 e. The molecule has 1 fully saturated rings. The Morgan fingerprint density at radius 3 is 2.60 bits per heavy atom. The molecule has 30 heavy (non-hydrogen) atoms. The molecule has 0 spiro atoms. The number of rotatable bonds is 8. The average molecular weight is 434 g/mol. The summed E-state index contributed by atoms with van der Waals surface area (Å²) in [7, 11) is -0.905. The lowest BCUT2D eigenvalue weighted by molar-refractivity contribution is -0.117. The predicted molar refractivity (Wildman–Crippen MR) is 111 cm³/mol. The molecular formula is C18H22N6O5S. The summed E-state index contributed by atoms with van der Waals surface area (Å²) < 4.78 is 24.9. The van der Waals surface area contributed by atoms with Gasteiger partial charge < -0.3 is 10.6 Å². The third-order valence-corrected chi connectivity index (χ3v) is 5.56. The number of hydroxylamine groups is 1. The van der Waals surface area contributed by atoms with Crippen molar-refractivity contribution in [3.05, 3.63) is 36.2 Å². The van der Waals surface area contributed by atoms with E-state index in [0.717, 1.165) is 23.4 Å². The molecular weight excluding hydrogens is 412 g/mol. The number of carbonyl (C=O) groups is 2. The molecule has 0 aromatic carbocycles. The van der Waals surface area contributed by atoms with E-state index < -0.39 is 15.9 Å². The largest absolute Gasteiger partial charge is 0.352 e. The fourth-order valence-corrected chi connectivity index (χ4v) is 3.04. The quantitative estimate of drug-likeness (QED) is 0.527. The van der Waals surface area contributed by atoms with Gasteiger partial charge in [-0.2, -0.15) is 0 Å². The lowest BCUT2D eigenvalue weighted by atomic mass is 10.2. The summed E-state index contributed by atoms with van der Waals surface area (Å²) in [5.74, 6) is -0.340. The van der Waals surface area contributed by atoms with Crippen molar-refractivity contribution >= 4 is 44.8 Å². The standard InChI is InChI=1S/C18H22N6O5S/c1-24(30(3,27)28)16-13(5-4-8-19-16)21-14-9-15(22-17(25)11-6-7-11)20-10-12(14)18(26)23-29-2/h4-5,8-11H,6-7H2,1-3H3,(H,23,26)(H2,20,21,22,25). The summed E-state index contributed by atoms with van der Waals surface area (Å²) in [6.07, 6.45) is 5.47. The summed E-state index contributed by atoms with van der Waals surface area (Å²) in [5, 5.41) is 5.73. The zero-order chi connectivity index (χ0) is 21.9. The van der Waals surface area contributed by atoms with Crippen LogP contribution < -0.4 is 20.4 Å². The van der Waals surface area contributed by atoms with E-state index in [1.54, 1.807) is 12.1 Å². The molecule has 3 N–H and O–H groups in total. The monoisotopic (exact) mass is 434 g/mol. The van der Waals surface area contributed by atoms with Crippen molar-refractivity contribution in [3.63, 3.8) is 0 Å². The van der Waals surface area contributed by atoms with E-state index in [4.69, 9.17) is 0 Å². The number of anilines is 4. The highest BCUT2D eigenvalue weighted by Crippen LogP contribution is 2.32. The van der Waals surface area contributed by atoms with Crippen LogP contribution in [0.25, 0.3) is 0 Å². The number of amides is 2. The van der Waals surface area contributed by atoms with Gasteiger partial charge in [-0.1, -0.05) is 0 Å². The number of hydrogen-bond acceptors (Lipinski definition) is 8. The molecule has 0 radical (unpaired) electrons. The van der Waals surface area contributed by atoms with Crippen molar-refractivity contribution in [1.29, 1.82) is 0 Å². The number of pyridine rings is 2. The molecule has 2 aromatic heterocycles. The van der Waals surface area contributed by atoms with Crippen LogP contribution in [-0.2, 0) is 19.7 Å². The van der Waals surface area contributed by atoms with E-state index in [1.165, 1.54) is 32.6 Å². The summed E-state index contributed by atoms with van der Waals surface area (Å²) >= 11 is 0. The van der Waals surface area contributed by atoms with E-state index >= 15 is 0 Å². The highest BCUT2D eigenvalue weighted by Gasteiger charge is 2.30. The third kappa shape index (κ3) is 5.02. The SMILES string of the molecule is CONC(=O)c1cnc(NC(=O)C2CC2)cc1Nc1cccnc1N(C)S(C)(=O)=O. The molecule has 2 amide bonds. The lowest BCUT2D eigenvalue weighted by Crippen LogP contribution is -2.27. The number of nitrogens with zero attached hydrogens (tertiary/aromatic N) is 3. The third-order valence-electron chi connectivity index (χ3n) is 4.39. The van der Waals surface area contributed by atoms with Gasteiger partial charge in [0.1, 0.15) is 5.82 Å². The normalized spacial score (nSPS) is 13.4. The maximum atomic E-state index is 12.4. The van der Waals surface area contributed by atoms with E-state index in [2.05, 4.69) is 30.9 Å². The van der Waals surface area contributed by atoms with Crippen LogP contribution in [0.2, 0.25) is 0 Å². The Hall–Kier alpha value is -3.25. The first kappa shape index (κ1) is 21.5. The second-order valence-corrected chi connectivity index (χ2v) is 8.76. The van der Waals surface area contributed by atoms with Crippen molar-refractivity contribution < 1.29 is 22.8 Å². The van der Waals surface area contributed by atoms with Crippen molar-refractivity contribution in [2.45, 2.75) is 12.8 Å². The van der Waals surface area contributed by atoms with Gasteiger partial charge in [0, 0.05) is 31.4 Å². The van der Waals surface area contributed by atoms with E-state index in [-0.39, 0.29) is 34.7 Å². The molecule has 2 aromatic rings. The second-order valence-electron chi connectivity index (χ2n) is 6.74. The highest BCUT2D eigenvalue weighted by molar-refractivity contribution is 7.92. The van der Waals surface area contributed by atoms with Crippen LogP contribution >= 0.6 is 0 Å². The van der Waals surface area contributed by atoms with Crippen LogP contribution in [0, 0.1) is 5.92 Å². The van der Waals surface area contributed by atoms with Gasteiger partial charge in [0.25, 0.3) is 5.91 Å². The Bertz CT molecular complexity index is 1070. The van der Waals surface area contributed by atoms with Gasteiger partial charge in [0.15, 0.2) is 5.82 Å². The number of hydrogen-bond donors (Lipinski definition) is 3. The van der Waals surface area contributed by atoms with Crippen LogP contribution in [0.4, 0.5) is 23.0 Å². The van der Waals surface area contributed by atoms with Crippen LogP contribution in [0.15, 0.2) is 30.6 Å². The number of sulfonamides is 1. The Balaban J connectivity index is 1.98. The summed E-state index contributed by atoms with van der Waals surface area (Å²) in [6, 6.07) is 4.72. The Labute approximate surface area is 173 Å². The Morgan fingerprint density at radius 2 is 1.97 bits per heavy atom. The zero-order valence-corrected chi connectivity index (χ0v) is 17.5. The van der Waals surface area contributed by atoms with Gasteiger partial charge in [-0.05, 0) is 25.0 Å². The molecule has 2 heterocycles. The smallest absolute Gasteiger partial charge is 0.278 e. The first-order chi connectivity index (χ1) is 14.2. The van der Waals surface area contributed by atoms with Crippen LogP contribution in [0.3, 0.4) is 0 Å². The molecule has 0 atom stereocenters. The minimum absolute atomic E-state index is 0.0204. The molecule has 0 saturated heterocycles. The number of aromatic nitrogens is 2. The first-order valence-electron chi connectivity index (χ1n) is 9.01. The molecule has 1 aliphatic carbocycles. The summed E-state index contributed by atoms with van der Waals surface area (Å²) in [5.41, 5.74) is 2.95. The first-order valence-corrected chi connectivity index (χ1v) is 10.9. The van der Waals surface area contributed by atoms with E-state index in [9.17, 15) is 18.0 Å². The molecule has 0 aliphatic heterocycles. The predicted octanol–water partition coefficient (Wildman–Crippen LogP) is 1.26. The molecule has 3 rings (SSSR count). The minimum atomic E-state index is -3.57. The fourth-order valence-electron chi connectivity index (χ4n) is 2.58. The van der Waals surface area contributed by atoms with Gasteiger partial charge in [0.05, 0.1) is 30.3 Å². The van der Waals surface area contributed by atoms with Crippen molar-refractivity contribution in [2.75, 3.05) is 35.4 Å². The van der Waals surface area contributed by atoms with Crippen molar-refractivity contribution in [1.82, 2.24) is 15.4 Å². The van der Waals surface area contributed by atoms with Gasteiger partial charge >= 0.3 is 0 Å². The topological polar surface area (TPSA) is 143 Å². The molecule has 1 saturated carbocycles. The number of carbonyl (C=O) groups excluding carboxylic acids is 2. The molecule has 1 aliphatic rings. The molecule has 11 nitrogen and oxygen atoms in total. The van der Waals surface area contributed by atoms with E-state index in [0.29, 0.717) is 5.69 Å². The van der Waals surface area contributed by atoms with Crippen molar-refractivity contribution in [2.24, 2.45) is 5.92 Å². The molecule has 0 unspecified atom stereocenters. The highest BCUT2D eigenvalue weighted by atomic mass is 32.2. The molecule has 12 heteroatoms. The lowest BCUT2D eigenvalue weighted by Gasteiger charge is -2.20. The van der Waals surface area contributed by atoms with Crippen molar-refractivity contribution in [3.8, 4) is 0 Å². The van der Waals surface area contributed by atoms with Crippen LogP contribution in [0.5, 0.6) is 0 Å².